The lowest BCUT2D eigenvalue weighted by molar-refractivity contribution is 1.12. The molecule has 0 saturated heterocycles. The zero-order valence-corrected chi connectivity index (χ0v) is 12.0. The number of nitrogens with zero attached hydrogens (tertiary/aromatic N) is 2. The van der Waals surface area contributed by atoms with Gasteiger partial charge in [-0.25, -0.2) is 4.98 Å². The monoisotopic (exact) mass is 318 g/mol. The summed E-state index contributed by atoms with van der Waals surface area (Å²) in [5.74, 6) is 0.980. The Balaban J connectivity index is 1.82. The van der Waals surface area contributed by atoms with Gasteiger partial charge in [-0.1, -0.05) is 30.3 Å². The van der Waals surface area contributed by atoms with Gasteiger partial charge in [0.1, 0.15) is 0 Å². The number of pyridine rings is 1. The molecule has 0 atom stereocenters. The Morgan fingerprint density at radius 3 is 2.89 bits per heavy atom. The lowest BCUT2D eigenvalue weighted by atomic mass is 10.2. The maximum atomic E-state index is 4.28. The lowest BCUT2D eigenvalue weighted by Gasteiger charge is -2.04. The second-order valence-corrected chi connectivity index (χ2v) is 5.86. The first kappa shape index (κ1) is 11.8. The van der Waals surface area contributed by atoms with Crippen molar-refractivity contribution >= 4 is 33.3 Å². The van der Waals surface area contributed by atoms with Gasteiger partial charge in [0.05, 0.1) is 4.47 Å². The van der Waals surface area contributed by atoms with Crippen LogP contribution >= 0.6 is 27.7 Å². The maximum Gasteiger partial charge on any atom is 0.151 e. The average Bonchev–Trinajstić information content (AvgIpc) is 2.86. The van der Waals surface area contributed by atoms with Crippen molar-refractivity contribution in [3.63, 3.8) is 0 Å². The van der Waals surface area contributed by atoms with Crippen LogP contribution < -0.4 is 0 Å². The number of thioether (sulfide) groups is 1. The maximum absolute atomic E-state index is 4.28. The van der Waals surface area contributed by atoms with E-state index in [1.807, 2.05) is 34.6 Å². The van der Waals surface area contributed by atoms with E-state index >= 15 is 0 Å². The second kappa shape index (κ2) is 5.16. The number of hydrogen-bond acceptors (Lipinski definition) is 2. The molecule has 2 heterocycles. The summed E-state index contributed by atoms with van der Waals surface area (Å²) in [7, 11) is 0. The number of benzene rings is 1. The fraction of sp³-hybridized carbons (Fsp3) is 0.0714. The highest BCUT2D eigenvalue weighted by molar-refractivity contribution is 9.10. The highest BCUT2D eigenvalue weighted by Crippen LogP contribution is 2.27. The lowest BCUT2D eigenvalue weighted by Crippen LogP contribution is -1.87. The van der Waals surface area contributed by atoms with E-state index < -0.39 is 0 Å². The van der Waals surface area contributed by atoms with Gasteiger partial charge in [0, 0.05) is 29.2 Å². The molecule has 0 bridgehead atoms. The summed E-state index contributed by atoms with van der Waals surface area (Å²) in [6.45, 7) is 0. The number of rotatable bonds is 3. The quantitative estimate of drug-likeness (QED) is 0.666. The van der Waals surface area contributed by atoms with Crippen molar-refractivity contribution in [1.29, 1.82) is 0 Å². The summed E-state index contributed by atoms with van der Waals surface area (Å²) in [4.78, 5) is 5.52. The Morgan fingerprint density at radius 2 is 2.06 bits per heavy atom. The molecule has 2 aromatic heterocycles. The summed E-state index contributed by atoms with van der Waals surface area (Å²) in [6.07, 6.45) is 5.89. The standard InChI is InChI=1S/C14H11BrN2S/c15-13-8-12(9-17-7-6-16-14(13)17)18-10-11-4-2-1-3-5-11/h1-9H,10H2. The molecule has 0 aliphatic carbocycles. The molecule has 0 aliphatic heterocycles. The van der Waals surface area contributed by atoms with Crippen LogP contribution in [0.3, 0.4) is 0 Å². The van der Waals surface area contributed by atoms with Gasteiger partial charge < -0.3 is 4.40 Å². The largest absolute Gasteiger partial charge is 0.305 e. The molecule has 0 aliphatic rings. The van der Waals surface area contributed by atoms with Gasteiger partial charge in [0.2, 0.25) is 0 Å². The van der Waals surface area contributed by atoms with Gasteiger partial charge in [0.25, 0.3) is 0 Å². The first-order valence-electron chi connectivity index (χ1n) is 5.62. The molecular weight excluding hydrogens is 308 g/mol. The third-order valence-corrected chi connectivity index (χ3v) is 4.28. The van der Waals surface area contributed by atoms with E-state index in [-0.39, 0.29) is 0 Å². The van der Waals surface area contributed by atoms with E-state index in [0.29, 0.717) is 0 Å². The molecule has 0 amide bonds. The van der Waals surface area contributed by atoms with Gasteiger partial charge in [-0.2, -0.15) is 0 Å². The van der Waals surface area contributed by atoms with Crippen LogP contribution in [0, 0.1) is 0 Å². The smallest absolute Gasteiger partial charge is 0.151 e. The van der Waals surface area contributed by atoms with E-state index in [2.05, 4.69) is 57.4 Å². The topological polar surface area (TPSA) is 17.3 Å². The molecular formula is C14H11BrN2S. The van der Waals surface area contributed by atoms with Gasteiger partial charge in [-0.05, 0) is 27.6 Å². The molecule has 0 N–H and O–H groups in total. The number of halogens is 1. The van der Waals surface area contributed by atoms with E-state index in [1.54, 1.807) is 0 Å². The molecule has 4 heteroatoms. The molecule has 0 saturated carbocycles. The van der Waals surface area contributed by atoms with E-state index in [4.69, 9.17) is 0 Å². The van der Waals surface area contributed by atoms with Gasteiger partial charge in [-0.15, -0.1) is 11.8 Å². The molecule has 0 spiro atoms. The van der Waals surface area contributed by atoms with E-state index in [0.717, 1.165) is 15.9 Å². The number of imidazole rings is 1. The van der Waals surface area contributed by atoms with Gasteiger partial charge in [0.15, 0.2) is 5.65 Å². The van der Waals surface area contributed by atoms with Crippen LogP contribution in [0.4, 0.5) is 0 Å². The third kappa shape index (κ3) is 2.44. The molecule has 0 unspecified atom stereocenters. The summed E-state index contributed by atoms with van der Waals surface area (Å²) in [5, 5.41) is 0. The van der Waals surface area contributed by atoms with Crippen LogP contribution in [-0.2, 0) is 5.75 Å². The van der Waals surface area contributed by atoms with Crippen LogP contribution in [0.2, 0.25) is 0 Å². The third-order valence-electron chi connectivity index (χ3n) is 2.67. The summed E-state index contributed by atoms with van der Waals surface area (Å²) in [5.41, 5.74) is 2.29. The van der Waals surface area contributed by atoms with Gasteiger partial charge in [-0.3, -0.25) is 0 Å². The minimum absolute atomic E-state index is 0.957. The van der Waals surface area contributed by atoms with Crippen LogP contribution in [0.1, 0.15) is 5.56 Å². The first-order chi connectivity index (χ1) is 8.83. The van der Waals surface area contributed by atoms with Crippen molar-refractivity contribution in [3.8, 4) is 0 Å². The van der Waals surface area contributed by atoms with Crippen LogP contribution in [0.25, 0.3) is 5.65 Å². The van der Waals surface area contributed by atoms with Crippen molar-refractivity contribution in [2.45, 2.75) is 10.6 Å². The fourth-order valence-corrected chi connectivity index (χ4v) is 3.41. The molecule has 90 valence electrons. The Labute approximate surface area is 118 Å². The fourth-order valence-electron chi connectivity index (χ4n) is 1.79. The Hall–Kier alpha value is -1.26. The Morgan fingerprint density at radius 1 is 1.22 bits per heavy atom. The van der Waals surface area contributed by atoms with Crippen LogP contribution in [0.5, 0.6) is 0 Å². The van der Waals surface area contributed by atoms with E-state index in [1.165, 1.54) is 10.5 Å². The van der Waals surface area contributed by atoms with Crippen LogP contribution in [-0.4, -0.2) is 9.38 Å². The SMILES string of the molecule is Brc1cc(SCc2ccccc2)cn2ccnc12. The van der Waals surface area contributed by atoms with Crippen molar-refractivity contribution in [2.24, 2.45) is 0 Å². The minimum Gasteiger partial charge on any atom is -0.305 e. The van der Waals surface area contributed by atoms with Crippen molar-refractivity contribution < 1.29 is 0 Å². The molecule has 3 aromatic rings. The van der Waals surface area contributed by atoms with Crippen molar-refractivity contribution in [1.82, 2.24) is 9.38 Å². The number of fused-ring (bicyclic) bond motifs is 1. The van der Waals surface area contributed by atoms with E-state index in [9.17, 15) is 0 Å². The average molecular weight is 319 g/mol. The predicted molar refractivity (Wildman–Crippen MR) is 78.9 cm³/mol. The highest BCUT2D eigenvalue weighted by atomic mass is 79.9. The number of aromatic nitrogens is 2. The first-order valence-corrected chi connectivity index (χ1v) is 7.40. The van der Waals surface area contributed by atoms with Crippen molar-refractivity contribution in [3.05, 3.63) is 65.0 Å². The summed E-state index contributed by atoms with van der Waals surface area (Å²) in [6, 6.07) is 12.6. The molecule has 3 rings (SSSR count). The molecule has 18 heavy (non-hydrogen) atoms. The molecule has 2 nitrogen and oxygen atoms in total. The Kier molecular flexibility index (Phi) is 3.39. The zero-order chi connectivity index (χ0) is 12.4. The predicted octanol–water partition coefficient (Wildman–Crippen LogP) is 4.39. The minimum atomic E-state index is 0.957. The van der Waals surface area contributed by atoms with Crippen LogP contribution in [0.15, 0.2) is 64.4 Å². The molecule has 1 aromatic carbocycles. The van der Waals surface area contributed by atoms with Crippen molar-refractivity contribution in [2.75, 3.05) is 0 Å². The zero-order valence-electron chi connectivity index (χ0n) is 9.58. The Bertz CT molecular complexity index is 664. The summed E-state index contributed by atoms with van der Waals surface area (Å²) >= 11 is 5.38. The highest BCUT2D eigenvalue weighted by Gasteiger charge is 2.03. The second-order valence-electron chi connectivity index (χ2n) is 3.96. The van der Waals surface area contributed by atoms with Gasteiger partial charge >= 0.3 is 0 Å². The summed E-state index contributed by atoms with van der Waals surface area (Å²) < 4.78 is 3.07. The molecule has 0 radical (unpaired) electrons. The molecule has 0 fully saturated rings. The normalized spacial score (nSPS) is 10.9. The number of hydrogen-bond donors (Lipinski definition) is 0.